The molecule has 0 fully saturated rings. The van der Waals surface area contributed by atoms with Crippen molar-refractivity contribution in [3.05, 3.63) is 87.7 Å². The standard InChI is InChI=1S/C26H24ClFN2O4/c1-14-9-10-20(18(27)11-14)29-25(31)23-16-12-21(33-3)22(34-4)13-17(16)26(32)30(2)24(23)15-7-5-6-8-19(15)28/h5-13,23-24H,1-4H3,(H,29,31)/t23-,24+/m0/s1. The molecule has 176 valence electrons. The first-order valence-corrected chi connectivity index (χ1v) is 11.0. The number of benzene rings is 3. The van der Waals surface area contributed by atoms with Crippen LogP contribution in [0.3, 0.4) is 0 Å². The molecule has 0 bridgehead atoms. The summed E-state index contributed by atoms with van der Waals surface area (Å²) in [5.41, 5.74) is 2.29. The summed E-state index contributed by atoms with van der Waals surface area (Å²) in [6.07, 6.45) is 0. The molecule has 0 saturated heterocycles. The first-order valence-electron chi connectivity index (χ1n) is 10.6. The minimum absolute atomic E-state index is 0.230. The summed E-state index contributed by atoms with van der Waals surface area (Å²) in [5, 5.41) is 3.24. The highest BCUT2D eigenvalue weighted by molar-refractivity contribution is 6.33. The Labute approximate surface area is 202 Å². The fourth-order valence-corrected chi connectivity index (χ4v) is 4.65. The van der Waals surface area contributed by atoms with Crippen LogP contribution in [0, 0.1) is 12.7 Å². The van der Waals surface area contributed by atoms with E-state index in [0.29, 0.717) is 27.8 Å². The number of nitrogens with one attached hydrogen (secondary N) is 1. The molecule has 0 radical (unpaired) electrons. The lowest BCUT2D eigenvalue weighted by atomic mass is 9.79. The molecule has 8 heteroatoms. The van der Waals surface area contributed by atoms with Crippen LogP contribution in [0.25, 0.3) is 0 Å². The zero-order chi connectivity index (χ0) is 24.6. The van der Waals surface area contributed by atoms with Gasteiger partial charge in [-0.1, -0.05) is 35.9 Å². The van der Waals surface area contributed by atoms with Gasteiger partial charge in [0.25, 0.3) is 5.91 Å². The molecule has 2 atom stereocenters. The molecule has 1 aliphatic rings. The number of carbonyl (C=O) groups is 2. The minimum Gasteiger partial charge on any atom is -0.493 e. The number of anilines is 1. The van der Waals surface area contributed by atoms with Crippen molar-refractivity contribution in [2.75, 3.05) is 26.6 Å². The Morgan fingerprint density at radius 2 is 1.71 bits per heavy atom. The van der Waals surface area contributed by atoms with Gasteiger partial charge in [-0.05, 0) is 48.4 Å². The molecule has 1 N–H and O–H groups in total. The first-order chi connectivity index (χ1) is 16.3. The number of carbonyl (C=O) groups excluding carboxylic acids is 2. The maximum absolute atomic E-state index is 15.0. The van der Waals surface area contributed by atoms with Crippen LogP contribution in [-0.4, -0.2) is 38.0 Å². The fourth-order valence-electron chi connectivity index (χ4n) is 4.37. The normalized spacial score (nSPS) is 17.2. The maximum Gasteiger partial charge on any atom is 0.254 e. The summed E-state index contributed by atoms with van der Waals surface area (Å²) >= 11 is 6.35. The Hall–Kier alpha value is -3.58. The van der Waals surface area contributed by atoms with E-state index in [0.717, 1.165) is 5.56 Å². The van der Waals surface area contributed by atoms with Crippen LogP contribution >= 0.6 is 11.6 Å². The molecule has 3 aromatic carbocycles. The quantitative estimate of drug-likeness (QED) is 0.532. The van der Waals surface area contributed by atoms with Crippen LogP contribution in [0.2, 0.25) is 5.02 Å². The van der Waals surface area contributed by atoms with Crippen molar-refractivity contribution in [3.8, 4) is 11.5 Å². The van der Waals surface area contributed by atoms with Crippen LogP contribution in [0.4, 0.5) is 10.1 Å². The van der Waals surface area contributed by atoms with E-state index in [1.165, 1.54) is 25.2 Å². The van der Waals surface area contributed by atoms with Gasteiger partial charge in [-0.15, -0.1) is 0 Å². The third-order valence-electron chi connectivity index (χ3n) is 6.06. The lowest BCUT2D eigenvalue weighted by Gasteiger charge is -2.40. The van der Waals surface area contributed by atoms with Crippen molar-refractivity contribution in [2.24, 2.45) is 0 Å². The van der Waals surface area contributed by atoms with E-state index in [2.05, 4.69) is 5.32 Å². The molecule has 6 nitrogen and oxygen atoms in total. The molecule has 0 aromatic heterocycles. The Balaban J connectivity index is 1.91. The zero-order valence-corrected chi connectivity index (χ0v) is 19.9. The van der Waals surface area contributed by atoms with Crippen LogP contribution in [0.15, 0.2) is 54.6 Å². The lowest BCUT2D eigenvalue weighted by Crippen LogP contribution is -2.44. The van der Waals surface area contributed by atoms with Crippen LogP contribution in [-0.2, 0) is 4.79 Å². The average Bonchev–Trinajstić information content (AvgIpc) is 2.82. The number of methoxy groups -OCH3 is 2. The predicted molar refractivity (Wildman–Crippen MR) is 128 cm³/mol. The van der Waals surface area contributed by atoms with E-state index in [4.69, 9.17) is 21.1 Å². The van der Waals surface area contributed by atoms with E-state index in [9.17, 15) is 14.0 Å². The van der Waals surface area contributed by atoms with Gasteiger partial charge in [0, 0.05) is 18.2 Å². The number of likely N-dealkylation sites (N-methyl/N-ethyl adjacent to an activating group) is 1. The maximum atomic E-state index is 15.0. The van der Waals surface area contributed by atoms with Crippen molar-refractivity contribution < 1.29 is 23.5 Å². The Morgan fingerprint density at radius 3 is 2.35 bits per heavy atom. The molecule has 2 amide bonds. The Morgan fingerprint density at radius 1 is 1.03 bits per heavy atom. The molecule has 1 aliphatic heterocycles. The van der Waals surface area contributed by atoms with Crippen molar-refractivity contribution in [1.82, 2.24) is 4.90 Å². The van der Waals surface area contributed by atoms with Gasteiger partial charge < -0.3 is 19.7 Å². The van der Waals surface area contributed by atoms with Crippen molar-refractivity contribution in [2.45, 2.75) is 18.9 Å². The first kappa shape index (κ1) is 23.6. The number of hydrogen-bond donors (Lipinski definition) is 1. The summed E-state index contributed by atoms with van der Waals surface area (Å²) in [7, 11) is 4.49. The smallest absolute Gasteiger partial charge is 0.254 e. The van der Waals surface area contributed by atoms with Gasteiger partial charge >= 0.3 is 0 Å². The number of fused-ring (bicyclic) bond motifs is 1. The zero-order valence-electron chi connectivity index (χ0n) is 19.2. The van der Waals surface area contributed by atoms with Crippen molar-refractivity contribution in [3.63, 3.8) is 0 Å². The summed E-state index contributed by atoms with van der Waals surface area (Å²) in [6.45, 7) is 1.89. The lowest BCUT2D eigenvalue weighted by molar-refractivity contribution is -0.119. The van der Waals surface area contributed by atoms with Gasteiger partial charge in [0.1, 0.15) is 5.82 Å². The molecular formula is C26H24ClFN2O4. The fraction of sp³-hybridized carbons (Fsp3) is 0.231. The highest BCUT2D eigenvalue weighted by Gasteiger charge is 2.44. The van der Waals surface area contributed by atoms with Crippen molar-refractivity contribution in [1.29, 1.82) is 0 Å². The number of aryl methyl sites for hydroxylation is 1. The largest absolute Gasteiger partial charge is 0.493 e. The van der Waals surface area contributed by atoms with Gasteiger partial charge in [0.2, 0.25) is 5.91 Å². The molecular weight excluding hydrogens is 459 g/mol. The van der Waals surface area contributed by atoms with E-state index in [1.807, 2.05) is 13.0 Å². The number of hydrogen-bond acceptors (Lipinski definition) is 4. The molecule has 0 aliphatic carbocycles. The monoisotopic (exact) mass is 482 g/mol. The predicted octanol–water partition coefficient (Wildman–Crippen LogP) is 5.35. The van der Waals surface area contributed by atoms with Crippen LogP contribution in [0.1, 0.15) is 39.0 Å². The van der Waals surface area contributed by atoms with Gasteiger partial charge in [-0.25, -0.2) is 4.39 Å². The summed E-state index contributed by atoms with van der Waals surface area (Å²) in [6, 6.07) is 13.7. The molecule has 1 heterocycles. The second-order valence-electron chi connectivity index (χ2n) is 8.13. The van der Waals surface area contributed by atoms with E-state index in [1.54, 1.807) is 49.5 Å². The average molecular weight is 483 g/mol. The highest BCUT2D eigenvalue weighted by atomic mass is 35.5. The number of rotatable bonds is 5. The van der Waals surface area contributed by atoms with E-state index >= 15 is 0 Å². The second-order valence-corrected chi connectivity index (χ2v) is 8.53. The van der Waals surface area contributed by atoms with Crippen LogP contribution in [0.5, 0.6) is 11.5 Å². The Bertz CT molecular complexity index is 1280. The van der Waals surface area contributed by atoms with Crippen molar-refractivity contribution >= 4 is 29.1 Å². The number of amides is 2. The second kappa shape index (κ2) is 9.35. The molecule has 3 aromatic rings. The summed E-state index contributed by atoms with van der Waals surface area (Å²) in [5.74, 6) is -1.55. The molecule has 0 saturated carbocycles. The third kappa shape index (κ3) is 4.07. The number of halogens is 2. The molecule has 4 rings (SSSR count). The van der Waals surface area contributed by atoms with Crippen LogP contribution < -0.4 is 14.8 Å². The molecule has 34 heavy (non-hydrogen) atoms. The van der Waals surface area contributed by atoms with E-state index in [-0.39, 0.29) is 17.0 Å². The van der Waals surface area contributed by atoms with Gasteiger partial charge in [0.15, 0.2) is 11.5 Å². The summed E-state index contributed by atoms with van der Waals surface area (Å²) < 4.78 is 25.7. The minimum atomic E-state index is -0.952. The summed E-state index contributed by atoms with van der Waals surface area (Å²) in [4.78, 5) is 28.5. The van der Waals surface area contributed by atoms with Gasteiger partial charge in [0.05, 0.1) is 36.9 Å². The Kier molecular flexibility index (Phi) is 6.48. The highest BCUT2D eigenvalue weighted by Crippen LogP contribution is 2.46. The van der Waals surface area contributed by atoms with Gasteiger partial charge in [-0.2, -0.15) is 0 Å². The topological polar surface area (TPSA) is 67.9 Å². The van der Waals surface area contributed by atoms with E-state index < -0.39 is 23.7 Å². The number of nitrogens with zero attached hydrogens (tertiary/aromatic N) is 1. The molecule has 0 unspecified atom stereocenters. The number of ether oxygens (including phenoxy) is 2. The third-order valence-corrected chi connectivity index (χ3v) is 6.38. The molecule has 0 spiro atoms. The SMILES string of the molecule is COc1cc2c(cc1OC)[C@H](C(=O)Nc1ccc(C)cc1Cl)[C@@H](c1ccccc1F)N(C)C2=O. The van der Waals surface area contributed by atoms with Gasteiger partial charge in [-0.3, -0.25) is 9.59 Å².